The molecule has 0 aromatic heterocycles. The average Bonchev–Trinajstić information content (AvgIpc) is 2.88. The van der Waals surface area contributed by atoms with E-state index < -0.39 is 35.1 Å². The number of halogens is 4. The molecule has 4 nitrogen and oxygen atoms in total. The van der Waals surface area contributed by atoms with Crippen LogP contribution in [-0.2, 0) is 15.7 Å². The zero-order valence-corrected chi connectivity index (χ0v) is 11.1. The van der Waals surface area contributed by atoms with E-state index in [9.17, 15) is 22.4 Å². The number of hydrogen-bond acceptors (Lipinski definition) is 3. The highest BCUT2D eigenvalue weighted by Crippen LogP contribution is 2.32. The van der Waals surface area contributed by atoms with Gasteiger partial charge in [-0.15, -0.1) is 0 Å². The molecule has 0 bridgehead atoms. The molecule has 2 rings (SSSR count). The normalized spacial score (nSPS) is 22.3. The van der Waals surface area contributed by atoms with Crippen LogP contribution in [0.2, 0.25) is 0 Å². The number of amides is 1. The van der Waals surface area contributed by atoms with E-state index in [1.54, 1.807) is 7.05 Å². The Kier molecular flexibility index (Phi) is 4.48. The molecule has 1 aliphatic rings. The standard InChI is InChI=1S/C13H14F4N2O2/c1-18-11-6-21-5-8(11)12(20)19-10-4-7(13(15,16)17)2-3-9(10)14/h2-4,8,11,18H,5-6H2,1H3,(H,19,20). The maximum atomic E-state index is 13.6. The Morgan fingerprint density at radius 2 is 2.05 bits per heavy atom. The van der Waals surface area contributed by atoms with Gasteiger partial charge in [0.25, 0.3) is 0 Å². The van der Waals surface area contributed by atoms with Crippen LogP contribution in [0.25, 0.3) is 0 Å². The lowest BCUT2D eigenvalue weighted by Gasteiger charge is -2.17. The summed E-state index contributed by atoms with van der Waals surface area (Å²) in [6, 6.07) is 1.63. The molecule has 116 valence electrons. The van der Waals surface area contributed by atoms with Crippen molar-refractivity contribution in [2.24, 2.45) is 5.92 Å². The number of benzene rings is 1. The van der Waals surface area contributed by atoms with Gasteiger partial charge in [-0.05, 0) is 25.2 Å². The number of likely N-dealkylation sites (N-methyl/N-ethyl adjacent to an activating group) is 1. The third-order valence-corrected chi connectivity index (χ3v) is 3.34. The Balaban J connectivity index is 2.17. The second-order valence-electron chi connectivity index (χ2n) is 4.72. The summed E-state index contributed by atoms with van der Waals surface area (Å²) in [5, 5.41) is 5.07. The van der Waals surface area contributed by atoms with E-state index in [1.807, 2.05) is 0 Å². The number of carbonyl (C=O) groups excluding carboxylic acids is 1. The van der Waals surface area contributed by atoms with Gasteiger partial charge in [0.05, 0.1) is 30.4 Å². The predicted octanol–water partition coefficient (Wildman–Crippen LogP) is 2.02. The van der Waals surface area contributed by atoms with Gasteiger partial charge in [-0.1, -0.05) is 0 Å². The Morgan fingerprint density at radius 3 is 2.67 bits per heavy atom. The Morgan fingerprint density at radius 1 is 1.33 bits per heavy atom. The molecule has 8 heteroatoms. The molecule has 0 aliphatic carbocycles. The highest BCUT2D eigenvalue weighted by atomic mass is 19.4. The molecule has 1 aromatic carbocycles. The molecule has 0 spiro atoms. The summed E-state index contributed by atoms with van der Waals surface area (Å²) >= 11 is 0. The predicted molar refractivity (Wildman–Crippen MR) is 67.2 cm³/mol. The Labute approximate surface area is 118 Å². The molecular weight excluding hydrogens is 292 g/mol. The Bertz CT molecular complexity index is 533. The number of ether oxygens (including phenoxy) is 1. The monoisotopic (exact) mass is 306 g/mol. The molecule has 21 heavy (non-hydrogen) atoms. The van der Waals surface area contributed by atoms with Gasteiger partial charge in [-0.25, -0.2) is 4.39 Å². The third-order valence-electron chi connectivity index (χ3n) is 3.34. The summed E-state index contributed by atoms with van der Waals surface area (Å²) in [5.74, 6) is -2.08. The fraction of sp³-hybridized carbons (Fsp3) is 0.462. The van der Waals surface area contributed by atoms with Crippen LogP contribution >= 0.6 is 0 Å². The smallest absolute Gasteiger partial charge is 0.379 e. The fourth-order valence-corrected chi connectivity index (χ4v) is 2.12. The molecule has 1 saturated heterocycles. The van der Waals surface area contributed by atoms with Gasteiger partial charge in [-0.3, -0.25) is 4.79 Å². The summed E-state index contributed by atoms with van der Waals surface area (Å²) in [6.07, 6.45) is -4.60. The number of anilines is 1. The van der Waals surface area contributed by atoms with Crippen LogP contribution in [0.1, 0.15) is 5.56 Å². The molecule has 2 N–H and O–H groups in total. The summed E-state index contributed by atoms with van der Waals surface area (Å²) in [7, 11) is 1.64. The summed E-state index contributed by atoms with van der Waals surface area (Å²) < 4.78 is 56.5. The highest BCUT2D eigenvalue weighted by Gasteiger charge is 2.34. The first-order chi connectivity index (χ1) is 9.82. The molecule has 0 saturated carbocycles. The largest absolute Gasteiger partial charge is 0.416 e. The first kappa shape index (κ1) is 15.7. The van der Waals surface area contributed by atoms with Crippen LogP contribution < -0.4 is 10.6 Å². The van der Waals surface area contributed by atoms with Crippen molar-refractivity contribution >= 4 is 11.6 Å². The summed E-state index contributed by atoms with van der Waals surface area (Å²) in [5.41, 5.74) is -1.51. The van der Waals surface area contributed by atoms with Crippen molar-refractivity contribution in [1.82, 2.24) is 5.32 Å². The lowest BCUT2D eigenvalue weighted by atomic mass is 10.0. The summed E-state index contributed by atoms with van der Waals surface area (Å²) in [4.78, 5) is 12.0. The second-order valence-corrected chi connectivity index (χ2v) is 4.72. The first-order valence-electron chi connectivity index (χ1n) is 6.25. The SMILES string of the molecule is CNC1COCC1C(=O)Nc1cc(C(F)(F)F)ccc1F. The van der Waals surface area contributed by atoms with Gasteiger partial charge < -0.3 is 15.4 Å². The zero-order valence-electron chi connectivity index (χ0n) is 11.1. The van der Waals surface area contributed by atoms with Crippen LogP contribution in [0.15, 0.2) is 18.2 Å². The van der Waals surface area contributed by atoms with E-state index in [0.29, 0.717) is 24.8 Å². The molecule has 1 aliphatic heterocycles. The molecule has 0 radical (unpaired) electrons. The van der Waals surface area contributed by atoms with E-state index in [-0.39, 0.29) is 12.6 Å². The number of hydrogen-bond donors (Lipinski definition) is 2. The van der Waals surface area contributed by atoms with Crippen LogP contribution in [0.4, 0.5) is 23.2 Å². The quantitative estimate of drug-likeness (QED) is 0.840. The number of rotatable bonds is 3. The molecule has 2 atom stereocenters. The van der Waals surface area contributed by atoms with Crippen molar-refractivity contribution in [3.63, 3.8) is 0 Å². The van der Waals surface area contributed by atoms with Crippen molar-refractivity contribution in [2.45, 2.75) is 12.2 Å². The molecule has 2 unspecified atom stereocenters. The van der Waals surface area contributed by atoms with Crippen LogP contribution in [-0.4, -0.2) is 32.2 Å². The average molecular weight is 306 g/mol. The van der Waals surface area contributed by atoms with Gasteiger partial charge in [0.1, 0.15) is 5.82 Å². The van der Waals surface area contributed by atoms with Crippen LogP contribution in [0.5, 0.6) is 0 Å². The fourth-order valence-electron chi connectivity index (χ4n) is 2.12. The summed E-state index contributed by atoms with van der Waals surface area (Å²) in [6.45, 7) is 0.456. The number of alkyl halides is 3. The van der Waals surface area contributed by atoms with Crippen molar-refractivity contribution in [2.75, 3.05) is 25.6 Å². The topological polar surface area (TPSA) is 50.4 Å². The lowest BCUT2D eigenvalue weighted by Crippen LogP contribution is -2.39. The van der Waals surface area contributed by atoms with Gasteiger partial charge in [-0.2, -0.15) is 13.2 Å². The maximum Gasteiger partial charge on any atom is 0.416 e. The van der Waals surface area contributed by atoms with Crippen molar-refractivity contribution in [3.8, 4) is 0 Å². The van der Waals surface area contributed by atoms with Crippen molar-refractivity contribution in [3.05, 3.63) is 29.6 Å². The number of nitrogens with one attached hydrogen (secondary N) is 2. The van der Waals surface area contributed by atoms with Gasteiger partial charge >= 0.3 is 6.18 Å². The van der Waals surface area contributed by atoms with E-state index in [1.165, 1.54) is 0 Å². The lowest BCUT2D eigenvalue weighted by molar-refractivity contribution is -0.137. The van der Waals surface area contributed by atoms with Crippen molar-refractivity contribution < 1.29 is 27.1 Å². The number of carbonyl (C=O) groups is 1. The minimum atomic E-state index is -4.60. The van der Waals surface area contributed by atoms with E-state index >= 15 is 0 Å². The molecule has 1 fully saturated rings. The molecular formula is C13H14F4N2O2. The van der Waals surface area contributed by atoms with E-state index in [4.69, 9.17) is 4.74 Å². The molecule has 1 aromatic rings. The third kappa shape index (κ3) is 3.51. The van der Waals surface area contributed by atoms with Crippen LogP contribution in [0, 0.1) is 11.7 Å². The van der Waals surface area contributed by atoms with E-state index in [0.717, 1.165) is 0 Å². The van der Waals surface area contributed by atoms with Gasteiger partial charge in [0.2, 0.25) is 5.91 Å². The van der Waals surface area contributed by atoms with Gasteiger partial charge in [0, 0.05) is 6.04 Å². The Hall–Kier alpha value is -1.67. The minimum absolute atomic E-state index is 0.137. The zero-order chi connectivity index (χ0) is 15.6. The van der Waals surface area contributed by atoms with Gasteiger partial charge in [0.15, 0.2) is 0 Å². The van der Waals surface area contributed by atoms with Crippen molar-refractivity contribution in [1.29, 1.82) is 0 Å². The minimum Gasteiger partial charge on any atom is -0.379 e. The van der Waals surface area contributed by atoms with E-state index in [2.05, 4.69) is 10.6 Å². The molecule has 1 heterocycles. The maximum absolute atomic E-state index is 13.6. The second kappa shape index (κ2) is 5.98. The first-order valence-corrected chi connectivity index (χ1v) is 6.25. The highest BCUT2D eigenvalue weighted by molar-refractivity contribution is 5.93. The van der Waals surface area contributed by atoms with Crippen LogP contribution in [0.3, 0.4) is 0 Å². The molecule has 1 amide bonds.